The third-order valence-electron chi connectivity index (χ3n) is 9.57. The fourth-order valence-corrected chi connectivity index (χ4v) is 8.57. The third kappa shape index (κ3) is 5.68. The van der Waals surface area contributed by atoms with Crippen molar-refractivity contribution >= 4 is 22.9 Å². The monoisotopic (exact) mass is 647 g/mol. The number of fused-ring (bicyclic) bond motifs is 3. The van der Waals surface area contributed by atoms with Crippen molar-refractivity contribution in [3.8, 4) is 45.0 Å². The molecule has 0 N–H and O–H groups in total. The van der Waals surface area contributed by atoms with E-state index in [1.165, 1.54) is 48.8 Å². The highest BCUT2D eigenvalue weighted by molar-refractivity contribution is 8.03. The number of nitrogens with zero attached hydrogens (tertiary/aromatic N) is 3. The highest BCUT2D eigenvalue weighted by atomic mass is 32.2. The van der Waals surface area contributed by atoms with E-state index in [0.29, 0.717) is 17.6 Å². The molecule has 6 aromatic rings. The Balaban J connectivity index is 1.09. The minimum Gasteiger partial charge on any atom is -0.209 e. The molecule has 0 bridgehead atoms. The number of hydrogen-bond acceptors (Lipinski definition) is 4. The fourth-order valence-electron chi connectivity index (χ4n) is 7.06. The zero-order valence-electron chi connectivity index (χ0n) is 27.0. The third-order valence-corrected chi connectivity index (χ3v) is 11.0. The van der Waals surface area contributed by atoms with Gasteiger partial charge in [-0.1, -0.05) is 163 Å². The fraction of sp³-hybridized carbons (Fsp3) is 0.0889. The van der Waals surface area contributed by atoms with Gasteiger partial charge in [-0.2, -0.15) is 0 Å². The van der Waals surface area contributed by atoms with Crippen LogP contribution in [0.3, 0.4) is 0 Å². The van der Waals surface area contributed by atoms with E-state index in [9.17, 15) is 0 Å². The molecule has 1 atom stereocenters. The standard InChI is InChI=1S/C45H33N3S/c1-4-13-30(14-5-1)31-25-27-32(28-26-31)37-21-11-23-39-40-24-12-22-38(42(40)49-41(37)39)35-19-10-20-36(29-35)45-47-43(33-15-6-2-7-16-33)46-44(48-45)34-17-8-3-9-18-34/h1-8,10-17,19-23,25-29,40H,9,18,24H2. The molecule has 3 nitrogen and oxygen atoms in total. The van der Waals surface area contributed by atoms with Crippen LogP contribution in [-0.4, -0.2) is 15.0 Å². The predicted molar refractivity (Wildman–Crippen MR) is 204 cm³/mol. The van der Waals surface area contributed by atoms with Crippen LogP contribution in [0.25, 0.3) is 56.2 Å². The summed E-state index contributed by atoms with van der Waals surface area (Å²) in [5.74, 6) is 2.51. The van der Waals surface area contributed by atoms with Crippen molar-refractivity contribution in [1.29, 1.82) is 0 Å². The van der Waals surface area contributed by atoms with Crippen LogP contribution in [0.4, 0.5) is 0 Å². The average molecular weight is 648 g/mol. The molecule has 234 valence electrons. The number of benzene rings is 5. The molecular formula is C45H33N3S. The Kier molecular flexibility index (Phi) is 7.72. The Morgan fingerprint density at radius 3 is 1.98 bits per heavy atom. The van der Waals surface area contributed by atoms with Gasteiger partial charge in [0.25, 0.3) is 0 Å². The molecular weight excluding hydrogens is 615 g/mol. The average Bonchev–Trinajstić information content (AvgIpc) is 3.58. The first-order chi connectivity index (χ1) is 24.3. The second kappa shape index (κ2) is 12.8. The van der Waals surface area contributed by atoms with Crippen LogP contribution in [0.2, 0.25) is 0 Å². The van der Waals surface area contributed by atoms with Gasteiger partial charge >= 0.3 is 0 Å². The molecule has 5 aromatic carbocycles. The molecule has 2 heterocycles. The number of hydrogen-bond donors (Lipinski definition) is 0. The molecule has 0 fully saturated rings. The van der Waals surface area contributed by atoms with Gasteiger partial charge in [-0.05, 0) is 69.9 Å². The first-order valence-electron chi connectivity index (χ1n) is 16.9. The highest BCUT2D eigenvalue weighted by Crippen LogP contribution is 2.57. The van der Waals surface area contributed by atoms with Gasteiger partial charge in [0.1, 0.15) is 0 Å². The molecule has 1 aromatic heterocycles. The van der Waals surface area contributed by atoms with Crippen LogP contribution >= 0.6 is 11.8 Å². The van der Waals surface area contributed by atoms with Crippen LogP contribution in [0, 0.1) is 0 Å². The van der Waals surface area contributed by atoms with E-state index < -0.39 is 0 Å². The lowest BCUT2D eigenvalue weighted by atomic mass is 9.86. The second-order valence-electron chi connectivity index (χ2n) is 12.6. The Morgan fingerprint density at radius 1 is 0.551 bits per heavy atom. The number of rotatable bonds is 6. The molecule has 1 aliphatic heterocycles. The second-order valence-corrected chi connectivity index (χ2v) is 13.7. The zero-order valence-corrected chi connectivity index (χ0v) is 27.8. The lowest BCUT2D eigenvalue weighted by Crippen LogP contribution is -2.04. The molecule has 0 saturated heterocycles. The van der Waals surface area contributed by atoms with Crippen LogP contribution in [0.5, 0.6) is 0 Å². The van der Waals surface area contributed by atoms with Gasteiger partial charge in [-0.15, -0.1) is 0 Å². The molecule has 0 saturated carbocycles. The molecule has 9 rings (SSSR count). The van der Waals surface area contributed by atoms with Crippen molar-refractivity contribution < 1.29 is 0 Å². The normalized spacial score (nSPS) is 16.3. The topological polar surface area (TPSA) is 38.7 Å². The molecule has 4 heteroatoms. The number of aromatic nitrogens is 3. The van der Waals surface area contributed by atoms with Gasteiger partial charge in [-0.25, -0.2) is 15.0 Å². The van der Waals surface area contributed by atoms with Crippen LogP contribution < -0.4 is 0 Å². The van der Waals surface area contributed by atoms with Crippen molar-refractivity contribution in [3.63, 3.8) is 0 Å². The minimum atomic E-state index is 0.354. The van der Waals surface area contributed by atoms with E-state index in [1.807, 2.05) is 30.0 Å². The molecule has 0 radical (unpaired) electrons. The van der Waals surface area contributed by atoms with E-state index in [4.69, 9.17) is 15.0 Å². The molecule has 2 aliphatic carbocycles. The largest absolute Gasteiger partial charge is 0.209 e. The summed E-state index contributed by atoms with van der Waals surface area (Å²) in [4.78, 5) is 17.8. The van der Waals surface area contributed by atoms with Crippen molar-refractivity contribution in [1.82, 2.24) is 15.0 Å². The Bertz CT molecular complexity index is 2320. The van der Waals surface area contributed by atoms with Gasteiger partial charge in [0, 0.05) is 26.8 Å². The quantitative estimate of drug-likeness (QED) is 0.180. The van der Waals surface area contributed by atoms with Gasteiger partial charge < -0.3 is 0 Å². The minimum absolute atomic E-state index is 0.354. The van der Waals surface area contributed by atoms with E-state index >= 15 is 0 Å². The summed E-state index contributed by atoms with van der Waals surface area (Å²) in [6.07, 6.45) is 14.0. The molecule has 3 aliphatic rings. The van der Waals surface area contributed by atoms with E-state index in [0.717, 1.165) is 41.8 Å². The van der Waals surface area contributed by atoms with Gasteiger partial charge in [0.05, 0.1) is 0 Å². The SMILES string of the molecule is C1=CCCC(c2nc(-c3ccccc3)nc(-c3cccc(C4=C5Sc6c(-c7ccc(-c8ccccc8)cc7)cccc6C5CC=C4)c3)n2)=C1. The first kappa shape index (κ1) is 29.6. The summed E-state index contributed by atoms with van der Waals surface area (Å²) in [7, 11) is 0. The van der Waals surface area contributed by atoms with Gasteiger partial charge in [-0.3, -0.25) is 0 Å². The number of allylic oxidation sites excluding steroid dienone is 8. The summed E-state index contributed by atoms with van der Waals surface area (Å²) in [5.41, 5.74) is 12.0. The summed E-state index contributed by atoms with van der Waals surface area (Å²) < 4.78 is 0. The predicted octanol–water partition coefficient (Wildman–Crippen LogP) is 11.8. The molecule has 0 amide bonds. The highest BCUT2D eigenvalue weighted by Gasteiger charge is 2.33. The van der Waals surface area contributed by atoms with Crippen molar-refractivity contribution in [2.45, 2.75) is 30.1 Å². The zero-order chi connectivity index (χ0) is 32.6. The van der Waals surface area contributed by atoms with Crippen LogP contribution in [0.1, 0.15) is 42.1 Å². The van der Waals surface area contributed by atoms with Crippen LogP contribution in [-0.2, 0) is 0 Å². The summed E-state index contributed by atoms with van der Waals surface area (Å²) in [6.45, 7) is 0. The Hall–Kier alpha value is -5.58. The Labute approximate surface area is 291 Å². The van der Waals surface area contributed by atoms with E-state index in [-0.39, 0.29) is 0 Å². The van der Waals surface area contributed by atoms with E-state index in [1.54, 1.807) is 0 Å². The molecule has 1 unspecified atom stereocenters. The van der Waals surface area contributed by atoms with Gasteiger partial charge in [0.15, 0.2) is 17.5 Å². The summed E-state index contributed by atoms with van der Waals surface area (Å²) >= 11 is 1.94. The lowest BCUT2D eigenvalue weighted by Gasteiger charge is -2.19. The Morgan fingerprint density at radius 2 is 1.20 bits per heavy atom. The summed E-state index contributed by atoms with van der Waals surface area (Å²) in [5, 5.41) is 0. The maximum absolute atomic E-state index is 5.04. The first-order valence-corrected chi connectivity index (χ1v) is 17.8. The lowest BCUT2D eigenvalue weighted by molar-refractivity contribution is 0.841. The van der Waals surface area contributed by atoms with Crippen molar-refractivity contribution in [2.24, 2.45) is 0 Å². The van der Waals surface area contributed by atoms with Gasteiger partial charge in [0.2, 0.25) is 0 Å². The smallest absolute Gasteiger partial charge is 0.164 e. The maximum atomic E-state index is 5.04. The van der Waals surface area contributed by atoms with Crippen molar-refractivity contribution in [3.05, 3.63) is 180 Å². The van der Waals surface area contributed by atoms with Crippen LogP contribution in [0.15, 0.2) is 168 Å². The number of thioether (sulfide) groups is 1. The van der Waals surface area contributed by atoms with E-state index in [2.05, 4.69) is 140 Å². The van der Waals surface area contributed by atoms with Crippen molar-refractivity contribution in [2.75, 3.05) is 0 Å². The molecule has 0 spiro atoms. The molecule has 49 heavy (non-hydrogen) atoms. The maximum Gasteiger partial charge on any atom is 0.164 e. The summed E-state index contributed by atoms with van der Waals surface area (Å²) in [6, 6.07) is 45.4.